The highest BCUT2D eigenvalue weighted by Crippen LogP contribution is 2.07. The zero-order valence-electron chi connectivity index (χ0n) is 7.44. The predicted molar refractivity (Wildman–Crippen MR) is 50.6 cm³/mol. The minimum atomic E-state index is 0.912. The average molecular weight is 172 g/mol. The Bertz CT molecular complexity index is 418. The summed E-state index contributed by atoms with van der Waals surface area (Å²) in [6.45, 7) is 5.76. The van der Waals surface area contributed by atoms with Gasteiger partial charge in [0.05, 0.1) is 17.6 Å². The van der Waals surface area contributed by atoms with Crippen LogP contribution >= 0.6 is 0 Å². The van der Waals surface area contributed by atoms with Crippen molar-refractivity contribution >= 4 is 0 Å². The van der Waals surface area contributed by atoms with Gasteiger partial charge in [-0.05, 0) is 31.5 Å². The first-order valence-corrected chi connectivity index (χ1v) is 4.07. The molecule has 3 heteroatoms. The van der Waals surface area contributed by atoms with Crippen molar-refractivity contribution in [3.8, 4) is 5.69 Å². The maximum Gasteiger partial charge on any atom is 0.0859 e. The van der Waals surface area contributed by atoms with E-state index in [2.05, 4.69) is 17.1 Å². The molecule has 0 saturated carbocycles. The van der Waals surface area contributed by atoms with E-state index in [0.717, 1.165) is 16.9 Å². The van der Waals surface area contributed by atoms with Crippen molar-refractivity contribution in [1.82, 2.24) is 15.0 Å². The summed E-state index contributed by atoms with van der Waals surface area (Å²) in [5.74, 6) is 0. The van der Waals surface area contributed by atoms with Crippen LogP contribution in [0.2, 0.25) is 0 Å². The number of aromatic nitrogens is 3. The lowest BCUT2D eigenvalue weighted by molar-refractivity contribution is 0.745. The molecule has 1 aromatic carbocycles. The number of aryl methyl sites for hydroxylation is 1. The molecule has 0 aliphatic carbocycles. The molecular weight excluding hydrogens is 162 g/mol. The second-order valence-corrected chi connectivity index (χ2v) is 2.95. The van der Waals surface area contributed by atoms with Gasteiger partial charge in [0.2, 0.25) is 0 Å². The molecular formula is C10H10N3. The molecule has 1 heterocycles. The SMILES string of the molecule is [CH2]c1cccc(-n2ncc(C)n2)c1. The smallest absolute Gasteiger partial charge is 0.0859 e. The van der Waals surface area contributed by atoms with Crippen LogP contribution < -0.4 is 0 Å². The van der Waals surface area contributed by atoms with Crippen LogP contribution in [0.25, 0.3) is 5.69 Å². The molecule has 3 nitrogen and oxygen atoms in total. The lowest BCUT2D eigenvalue weighted by atomic mass is 10.2. The second-order valence-electron chi connectivity index (χ2n) is 2.95. The summed E-state index contributed by atoms with van der Waals surface area (Å²) < 4.78 is 0. The first-order chi connectivity index (χ1) is 6.25. The Labute approximate surface area is 77.0 Å². The Balaban J connectivity index is 2.46. The monoisotopic (exact) mass is 172 g/mol. The summed E-state index contributed by atoms with van der Waals surface area (Å²) in [7, 11) is 0. The number of benzene rings is 1. The van der Waals surface area contributed by atoms with Crippen LogP contribution in [-0.2, 0) is 0 Å². The third-order valence-corrected chi connectivity index (χ3v) is 1.75. The van der Waals surface area contributed by atoms with E-state index in [1.807, 2.05) is 31.2 Å². The van der Waals surface area contributed by atoms with Crippen molar-refractivity contribution in [3.05, 3.63) is 48.6 Å². The summed E-state index contributed by atoms with van der Waals surface area (Å²) in [5, 5.41) is 8.30. The van der Waals surface area contributed by atoms with Gasteiger partial charge in [0.15, 0.2) is 0 Å². The predicted octanol–water partition coefficient (Wildman–Crippen LogP) is 1.76. The van der Waals surface area contributed by atoms with Crippen molar-refractivity contribution < 1.29 is 0 Å². The molecule has 0 fully saturated rings. The molecule has 0 aliphatic rings. The summed E-state index contributed by atoms with van der Waals surface area (Å²) in [4.78, 5) is 1.60. The van der Waals surface area contributed by atoms with Gasteiger partial charge in [0.1, 0.15) is 0 Å². The Hall–Kier alpha value is -1.64. The molecule has 1 aromatic heterocycles. The van der Waals surface area contributed by atoms with Gasteiger partial charge in [-0.3, -0.25) is 0 Å². The molecule has 65 valence electrons. The third-order valence-electron chi connectivity index (χ3n) is 1.75. The maximum absolute atomic E-state index is 4.20. The van der Waals surface area contributed by atoms with Gasteiger partial charge < -0.3 is 0 Å². The molecule has 0 amide bonds. The topological polar surface area (TPSA) is 30.7 Å². The highest BCUT2D eigenvalue weighted by atomic mass is 15.5. The zero-order valence-corrected chi connectivity index (χ0v) is 7.44. The first-order valence-electron chi connectivity index (χ1n) is 4.07. The molecule has 0 spiro atoms. The van der Waals surface area contributed by atoms with Gasteiger partial charge in [-0.15, -0.1) is 0 Å². The first kappa shape index (κ1) is 7.98. The Morgan fingerprint density at radius 2 is 2.23 bits per heavy atom. The van der Waals surface area contributed by atoms with Crippen molar-refractivity contribution in [3.63, 3.8) is 0 Å². The lowest BCUT2D eigenvalue weighted by Crippen LogP contribution is -1.98. The molecule has 0 atom stereocenters. The Morgan fingerprint density at radius 3 is 2.85 bits per heavy atom. The molecule has 0 aliphatic heterocycles. The molecule has 2 rings (SSSR count). The fourth-order valence-corrected chi connectivity index (χ4v) is 1.14. The molecule has 1 radical (unpaired) electrons. The molecule has 0 bridgehead atoms. The Kier molecular flexibility index (Phi) is 1.85. The van der Waals surface area contributed by atoms with E-state index in [-0.39, 0.29) is 0 Å². The summed E-state index contributed by atoms with van der Waals surface area (Å²) in [5.41, 5.74) is 2.82. The Morgan fingerprint density at radius 1 is 1.38 bits per heavy atom. The molecule has 0 saturated heterocycles. The van der Waals surface area contributed by atoms with Gasteiger partial charge in [-0.1, -0.05) is 12.1 Å². The van der Waals surface area contributed by atoms with E-state index >= 15 is 0 Å². The third kappa shape index (κ3) is 1.59. The van der Waals surface area contributed by atoms with Crippen LogP contribution in [0.4, 0.5) is 0 Å². The number of rotatable bonds is 1. The van der Waals surface area contributed by atoms with Gasteiger partial charge >= 0.3 is 0 Å². The highest BCUT2D eigenvalue weighted by molar-refractivity contribution is 5.35. The van der Waals surface area contributed by atoms with Crippen molar-refractivity contribution in [1.29, 1.82) is 0 Å². The van der Waals surface area contributed by atoms with E-state index in [0.29, 0.717) is 0 Å². The lowest BCUT2D eigenvalue weighted by Gasteiger charge is -1.99. The summed E-state index contributed by atoms with van der Waals surface area (Å²) in [6.07, 6.45) is 1.73. The quantitative estimate of drug-likeness (QED) is 0.656. The maximum atomic E-state index is 4.20. The zero-order chi connectivity index (χ0) is 9.26. The van der Waals surface area contributed by atoms with Crippen molar-refractivity contribution in [2.75, 3.05) is 0 Å². The molecule has 0 N–H and O–H groups in total. The van der Waals surface area contributed by atoms with Crippen molar-refractivity contribution in [2.24, 2.45) is 0 Å². The number of hydrogen-bond acceptors (Lipinski definition) is 2. The van der Waals surface area contributed by atoms with Crippen LogP contribution in [0, 0.1) is 13.8 Å². The van der Waals surface area contributed by atoms with E-state index in [1.54, 1.807) is 11.0 Å². The number of nitrogens with zero attached hydrogens (tertiary/aromatic N) is 3. The molecule has 0 unspecified atom stereocenters. The summed E-state index contributed by atoms with van der Waals surface area (Å²) >= 11 is 0. The second kappa shape index (κ2) is 3.01. The standard InChI is InChI=1S/C10H10N3/c1-8-4-3-5-10(6-8)13-11-7-9(2)12-13/h3-7H,1H2,2H3. The largest absolute Gasteiger partial charge is 0.157 e. The summed E-state index contributed by atoms with van der Waals surface area (Å²) in [6, 6.07) is 7.78. The van der Waals surface area contributed by atoms with Gasteiger partial charge in [-0.25, -0.2) is 0 Å². The van der Waals surface area contributed by atoms with Crippen LogP contribution in [0.3, 0.4) is 0 Å². The minimum Gasteiger partial charge on any atom is -0.157 e. The van der Waals surface area contributed by atoms with Gasteiger partial charge in [0.25, 0.3) is 0 Å². The van der Waals surface area contributed by atoms with Gasteiger partial charge in [0, 0.05) is 0 Å². The van der Waals surface area contributed by atoms with E-state index in [4.69, 9.17) is 0 Å². The van der Waals surface area contributed by atoms with Crippen LogP contribution in [-0.4, -0.2) is 15.0 Å². The van der Waals surface area contributed by atoms with Crippen LogP contribution in [0.1, 0.15) is 11.3 Å². The molecule has 2 aromatic rings. The normalized spacial score (nSPS) is 10.3. The fourth-order valence-electron chi connectivity index (χ4n) is 1.14. The van der Waals surface area contributed by atoms with E-state index < -0.39 is 0 Å². The van der Waals surface area contributed by atoms with Crippen LogP contribution in [0.15, 0.2) is 30.5 Å². The van der Waals surface area contributed by atoms with E-state index in [9.17, 15) is 0 Å². The fraction of sp³-hybridized carbons (Fsp3) is 0.100. The van der Waals surface area contributed by atoms with E-state index in [1.165, 1.54) is 0 Å². The van der Waals surface area contributed by atoms with Crippen LogP contribution in [0.5, 0.6) is 0 Å². The number of hydrogen-bond donors (Lipinski definition) is 0. The molecule has 13 heavy (non-hydrogen) atoms. The van der Waals surface area contributed by atoms with Gasteiger partial charge in [-0.2, -0.15) is 15.0 Å². The van der Waals surface area contributed by atoms with Crippen molar-refractivity contribution in [2.45, 2.75) is 6.92 Å². The average Bonchev–Trinajstić information content (AvgIpc) is 2.52. The minimum absolute atomic E-state index is 0.912. The highest BCUT2D eigenvalue weighted by Gasteiger charge is 1.98.